The Morgan fingerprint density at radius 3 is 2.67 bits per heavy atom. The van der Waals surface area contributed by atoms with Crippen molar-refractivity contribution in [2.45, 2.75) is 32.7 Å². The summed E-state index contributed by atoms with van der Waals surface area (Å²) in [5, 5.41) is 0. The molecule has 1 fully saturated rings. The first kappa shape index (κ1) is 13.1. The smallest absolute Gasteiger partial charge is 0.134 e. The van der Waals surface area contributed by atoms with E-state index in [1.807, 2.05) is 14.0 Å². The van der Waals surface area contributed by atoms with Crippen LogP contribution >= 0.6 is 0 Å². The molecule has 5 heteroatoms. The molecule has 2 rings (SSSR count). The summed E-state index contributed by atoms with van der Waals surface area (Å²) in [4.78, 5) is 13.5. The molecule has 0 aliphatic carbocycles. The van der Waals surface area contributed by atoms with Crippen LogP contribution in [0.25, 0.3) is 0 Å². The summed E-state index contributed by atoms with van der Waals surface area (Å²) in [7, 11) is 2.03. The highest BCUT2D eigenvalue weighted by Crippen LogP contribution is 2.22. The summed E-state index contributed by atoms with van der Waals surface area (Å²) >= 11 is 0. The first-order valence-corrected chi connectivity index (χ1v) is 6.65. The van der Waals surface area contributed by atoms with E-state index in [9.17, 15) is 0 Å². The summed E-state index contributed by atoms with van der Waals surface area (Å²) in [5.74, 6) is 2.83. The van der Waals surface area contributed by atoms with Crippen LogP contribution in [0.5, 0.6) is 0 Å². The van der Waals surface area contributed by atoms with Crippen molar-refractivity contribution >= 4 is 11.6 Å². The predicted molar refractivity (Wildman–Crippen MR) is 75.1 cm³/mol. The van der Waals surface area contributed by atoms with Gasteiger partial charge in [-0.05, 0) is 26.7 Å². The van der Waals surface area contributed by atoms with Crippen LogP contribution in [0.4, 0.5) is 11.6 Å². The minimum absolute atomic E-state index is 0.283. The third kappa shape index (κ3) is 2.72. The topological polar surface area (TPSA) is 58.3 Å². The Hall–Kier alpha value is -1.36. The molecule has 1 aliphatic rings. The second-order valence-electron chi connectivity index (χ2n) is 5.02. The number of nitrogens with zero attached hydrogens (tertiary/aromatic N) is 4. The van der Waals surface area contributed by atoms with Crippen molar-refractivity contribution in [1.29, 1.82) is 0 Å². The van der Waals surface area contributed by atoms with Gasteiger partial charge in [-0.25, -0.2) is 9.97 Å². The molecule has 0 bridgehead atoms. The molecule has 0 radical (unpaired) electrons. The Morgan fingerprint density at radius 1 is 1.39 bits per heavy atom. The molecule has 5 nitrogen and oxygen atoms in total. The lowest BCUT2D eigenvalue weighted by molar-refractivity contribution is 0.684. The van der Waals surface area contributed by atoms with E-state index in [2.05, 4.69) is 32.8 Å². The number of rotatable bonds is 4. The van der Waals surface area contributed by atoms with Crippen molar-refractivity contribution in [2.75, 3.05) is 36.5 Å². The van der Waals surface area contributed by atoms with E-state index < -0.39 is 0 Å². The molecular formula is C13H23N5. The number of likely N-dealkylation sites (N-methyl/N-ethyl adjacent to an activating group) is 1. The van der Waals surface area contributed by atoms with Gasteiger partial charge in [0.05, 0.1) is 0 Å². The van der Waals surface area contributed by atoms with E-state index in [1.54, 1.807) is 0 Å². The fourth-order valence-electron chi connectivity index (χ4n) is 2.21. The van der Waals surface area contributed by atoms with Crippen molar-refractivity contribution in [1.82, 2.24) is 9.97 Å². The highest BCUT2D eigenvalue weighted by atomic mass is 15.2. The van der Waals surface area contributed by atoms with Gasteiger partial charge in [0.2, 0.25) is 0 Å². The molecule has 0 aromatic carbocycles. The lowest BCUT2D eigenvalue weighted by Crippen LogP contribution is -2.36. The van der Waals surface area contributed by atoms with Crippen molar-refractivity contribution in [2.24, 2.45) is 5.73 Å². The van der Waals surface area contributed by atoms with Crippen LogP contribution in [-0.2, 0) is 0 Å². The Labute approximate surface area is 109 Å². The van der Waals surface area contributed by atoms with Crippen LogP contribution in [0.15, 0.2) is 6.07 Å². The van der Waals surface area contributed by atoms with E-state index in [0.717, 1.165) is 30.5 Å². The normalized spacial score (nSPS) is 17.0. The molecule has 2 N–H and O–H groups in total. The first-order chi connectivity index (χ1) is 8.61. The summed E-state index contributed by atoms with van der Waals surface area (Å²) < 4.78 is 0. The van der Waals surface area contributed by atoms with Gasteiger partial charge in [-0.3, -0.25) is 0 Å². The zero-order valence-electron chi connectivity index (χ0n) is 11.6. The van der Waals surface area contributed by atoms with Crippen molar-refractivity contribution in [3.8, 4) is 0 Å². The number of aryl methyl sites for hydroxylation is 1. The van der Waals surface area contributed by atoms with Crippen LogP contribution in [0.1, 0.15) is 25.6 Å². The van der Waals surface area contributed by atoms with E-state index in [1.165, 1.54) is 12.8 Å². The van der Waals surface area contributed by atoms with E-state index in [4.69, 9.17) is 5.73 Å². The van der Waals surface area contributed by atoms with Crippen LogP contribution in [-0.4, -0.2) is 42.7 Å². The number of hydrogen-bond acceptors (Lipinski definition) is 5. The molecular weight excluding hydrogens is 226 g/mol. The van der Waals surface area contributed by atoms with Gasteiger partial charge in [-0.15, -0.1) is 0 Å². The summed E-state index contributed by atoms with van der Waals surface area (Å²) in [5.41, 5.74) is 5.71. The summed E-state index contributed by atoms with van der Waals surface area (Å²) in [6.45, 7) is 6.88. The maximum absolute atomic E-state index is 5.71. The number of hydrogen-bond donors (Lipinski definition) is 1. The fraction of sp³-hybridized carbons (Fsp3) is 0.692. The van der Waals surface area contributed by atoms with Crippen LogP contribution in [0.3, 0.4) is 0 Å². The fourth-order valence-corrected chi connectivity index (χ4v) is 2.21. The number of aromatic nitrogens is 2. The Bertz CT molecular complexity index is 400. The molecule has 2 heterocycles. The zero-order valence-corrected chi connectivity index (χ0v) is 11.6. The number of anilines is 2. The van der Waals surface area contributed by atoms with Crippen molar-refractivity contribution in [3.63, 3.8) is 0 Å². The lowest BCUT2D eigenvalue weighted by atomic mass is 10.3. The summed E-state index contributed by atoms with van der Waals surface area (Å²) in [6, 6.07) is 2.36. The summed E-state index contributed by atoms with van der Waals surface area (Å²) in [6.07, 6.45) is 2.51. The third-order valence-electron chi connectivity index (χ3n) is 3.60. The maximum Gasteiger partial charge on any atom is 0.134 e. The molecule has 1 aromatic heterocycles. The van der Waals surface area contributed by atoms with Gasteiger partial charge in [0, 0.05) is 38.8 Å². The highest BCUT2D eigenvalue weighted by Gasteiger charge is 2.17. The maximum atomic E-state index is 5.71. The second-order valence-corrected chi connectivity index (χ2v) is 5.02. The Morgan fingerprint density at radius 2 is 2.06 bits per heavy atom. The van der Waals surface area contributed by atoms with Crippen molar-refractivity contribution in [3.05, 3.63) is 11.9 Å². The van der Waals surface area contributed by atoms with Gasteiger partial charge in [0.15, 0.2) is 0 Å². The molecule has 1 aromatic rings. The minimum atomic E-state index is 0.283. The van der Waals surface area contributed by atoms with Crippen molar-refractivity contribution < 1.29 is 0 Å². The average Bonchev–Trinajstić information content (AvgIpc) is 2.90. The van der Waals surface area contributed by atoms with E-state index in [-0.39, 0.29) is 6.04 Å². The minimum Gasteiger partial charge on any atom is -0.356 e. The van der Waals surface area contributed by atoms with Gasteiger partial charge >= 0.3 is 0 Å². The lowest BCUT2D eigenvalue weighted by Gasteiger charge is -2.26. The highest BCUT2D eigenvalue weighted by molar-refractivity contribution is 5.51. The predicted octanol–water partition coefficient (Wildman–Crippen LogP) is 1.17. The van der Waals surface area contributed by atoms with Gasteiger partial charge < -0.3 is 15.5 Å². The molecule has 18 heavy (non-hydrogen) atoms. The van der Waals surface area contributed by atoms with Crippen LogP contribution in [0.2, 0.25) is 0 Å². The molecule has 1 atom stereocenters. The van der Waals surface area contributed by atoms with Gasteiger partial charge in [0.1, 0.15) is 17.5 Å². The third-order valence-corrected chi connectivity index (χ3v) is 3.60. The van der Waals surface area contributed by atoms with Crippen LogP contribution < -0.4 is 15.5 Å². The first-order valence-electron chi connectivity index (χ1n) is 6.65. The molecule has 100 valence electrons. The SMILES string of the molecule is Cc1nc(N2CCCC2)cc(N(C)C(C)CN)n1. The van der Waals surface area contributed by atoms with E-state index in [0.29, 0.717) is 6.54 Å². The second kappa shape index (κ2) is 5.52. The zero-order chi connectivity index (χ0) is 13.1. The standard InChI is InChI=1S/C13H23N5/c1-10(9-14)17(3)12-8-13(16-11(2)15-12)18-6-4-5-7-18/h8,10H,4-7,9,14H2,1-3H3. The van der Waals surface area contributed by atoms with Gasteiger partial charge in [-0.2, -0.15) is 0 Å². The molecule has 0 spiro atoms. The average molecular weight is 249 g/mol. The van der Waals surface area contributed by atoms with Gasteiger partial charge in [-0.1, -0.05) is 0 Å². The Kier molecular flexibility index (Phi) is 4.01. The quantitative estimate of drug-likeness (QED) is 0.868. The molecule has 0 amide bonds. The van der Waals surface area contributed by atoms with Crippen LogP contribution in [0, 0.1) is 6.92 Å². The van der Waals surface area contributed by atoms with E-state index >= 15 is 0 Å². The largest absolute Gasteiger partial charge is 0.356 e. The monoisotopic (exact) mass is 249 g/mol. The molecule has 1 aliphatic heterocycles. The molecule has 1 unspecified atom stereocenters. The Balaban J connectivity index is 2.25. The van der Waals surface area contributed by atoms with Gasteiger partial charge in [0.25, 0.3) is 0 Å². The number of nitrogens with two attached hydrogens (primary N) is 1. The molecule has 1 saturated heterocycles. The molecule has 0 saturated carbocycles.